The van der Waals surface area contributed by atoms with E-state index in [2.05, 4.69) is 16.0 Å². The zero-order valence-electron chi connectivity index (χ0n) is 10.4. The van der Waals surface area contributed by atoms with Crippen molar-refractivity contribution in [2.24, 2.45) is 0 Å². The fourth-order valence-corrected chi connectivity index (χ4v) is 3.43. The van der Waals surface area contributed by atoms with Gasteiger partial charge in [0.2, 0.25) is 0 Å². The minimum Gasteiger partial charge on any atom is -0.256 e. The number of hydrogen-bond acceptors (Lipinski definition) is 3. The number of thioether (sulfide) groups is 1. The van der Waals surface area contributed by atoms with Gasteiger partial charge in [0.1, 0.15) is 10.3 Å². The molecular weight excluding hydrogens is 311 g/mol. The molecule has 0 amide bonds. The van der Waals surface area contributed by atoms with E-state index in [-0.39, 0.29) is 0 Å². The summed E-state index contributed by atoms with van der Waals surface area (Å²) in [7, 11) is 0. The third-order valence-corrected chi connectivity index (χ3v) is 4.36. The minimum absolute atomic E-state index is 0.424. The quantitative estimate of drug-likeness (QED) is 0.488. The molecule has 5 heteroatoms. The van der Waals surface area contributed by atoms with E-state index in [0.717, 1.165) is 22.2 Å². The maximum absolute atomic E-state index is 5.91. The Morgan fingerprint density at radius 1 is 1.00 bits per heavy atom. The Morgan fingerprint density at radius 3 is 2.55 bits per heavy atom. The number of aromatic nitrogens is 2. The standard InChI is InChI=1S/C15H10Cl2N2S/c16-14-7-10(8-15(17)19-14)9-20-13-5-6-18-12-4-2-1-3-11(12)13/h1-8H,9H2. The van der Waals surface area contributed by atoms with Crippen LogP contribution in [0.4, 0.5) is 0 Å². The van der Waals surface area contributed by atoms with Crippen LogP contribution < -0.4 is 0 Å². The van der Waals surface area contributed by atoms with Crippen LogP contribution in [0.5, 0.6) is 0 Å². The van der Waals surface area contributed by atoms with E-state index < -0.39 is 0 Å². The molecule has 2 aromatic heterocycles. The summed E-state index contributed by atoms with van der Waals surface area (Å²) >= 11 is 13.6. The molecule has 0 aliphatic carbocycles. The highest BCUT2D eigenvalue weighted by Gasteiger charge is 2.04. The van der Waals surface area contributed by atoms with Gasteiger partial charge in [-0.15, -0.1) is 11.8 Å². The first-order valence-corrected chi connectivity index (χ1v) is 7.75. The van der Waals surface area contributed by atoms with Gasteiger partial charge in [-0.2, -0.15) is 0 Å². The van der Waals surface area contributed by atoms with Gasteiger partial charge < -0.3 is 0 Å². The highest BCUT2D eigenvalue weighted by atomic mass is 35.5. The zero-order chi connectivity index (χ0) is 13.9. The van der Waals surface area contributed by atoms with Crippen molar-refractivity contribution in [3.05, 3.63) is 64.5 Å². The fourth-order valence-electron chi connectivity index (χ4n) is 1.95. The summed E-state index contributed by atoms with van der Waals surface area (Å²) in [6, 6.07) is 13.8. The molecular formula is C15H10Cl2N2S. The molecule has 0 aliphatic heterocycles. The Hall–Kier alpha value is -1.29. The Kier molecular flexibility index (Phi) is 4.10. The lowest BCUT2D eigenvalue weighted by atomic mass is 10.2. The summed E-state index contributed by atoms with van der Waals surface area (Å²) in [6.45, 7) is 0. The lowest BCUT2D eigenvalue weighted by Crippen LogP contribution is -1.86. The van der Waals surface area contributed by atoms with Crippen molar-refractivity contribution in [3.63, 3.8) is 0 Å². The first kappa shape index (κ1) is 13.7. The predicted octanol–water partition coefficient (Wildman–Crippen LogP) is 5.23. The maximum Gasteiger partial charge on any atom is 0.131 e. The van der Waals surface area contributed by atoms with Crippen molar-refractivity contribution in [1.29, 1.82) is 0 Å². The largest absolute Gasteiger partial charge is 0.256 e. The zero-order valence-corrected chi connectivity index (χ0v) is 12.7. The van der Waals surface area contributed by atoms with Crippen molar-refractivity contribution in [3.8, 4) is 0 Å². The number of rotatable bonds is 3. The second-order valence-electron chi connectivity index (χ2n) is 4.24. The highest BCUT2D eigenvalue weighted by Crippen LogP contribution is 2.30. The van der Waals surface area contributed by atoms with Gasteiger partial charge in [0, 0.05) is 22.2 Å². The summed E-state index contributed by atoms with van der Waals surface area (Å²) in [5.41, 5.74) is 2.06. The molecule has 2 nitrogen and oxygen atoms in total. The summed E-state index contributed by atoms with van der Waals surface area (Å²) in [5.74, 6) is 0.788. The Bertz CT molecular complexity index is 736. The summed E-state index contributed by atoms with van der Waals surface area (Å²) in [5, 5.41) is 2.01. The van der Waals surface area contributed by atoms with E-state index in [1.807, 2.05) is 42.6 Å². The number of hydrogen-bond donors (Lipinski definition) is 0. The fraction of sp³-hybridized carbons (Fsp3) is 0.0667. The molecule has 0 radical (unpaired) electrons. The minimum atomic E-state index is 0.424. The molecule has 0 atom stereocenters. The van der Waals surface area contributed by atoms with Crippen LogP contribution in [-0.4, -0.2) is 9.97 Å². The molecule has 2 heterocycles. The van der Waals surface area contributed by atoms with Crippen LogP contribution in [0.25, 0.3) is 10.9 Å². The van der Waals surface area contributed by atoms with E-state index in [1.165, 1.54) is 4.90 Å². The van der Waals surface area contributed by atoms with Gasteiger partial charge in [0.05, 0.1) is 5.52 Å². The van der Waals surface area contributed by atoms with Crippen molar-refractivity contribution in [1.82, 2.24) is 9.97 Å². The number of para-hydroxylation sites is 1. The average Bonchev–Trinajstić information content (AvgIpc) is 2.44. The molecule has 100 valence electrons. The monoisotopic (exact) mass is 320 g/mol. The van der Waals surface area contributed by atoms with Crippen molar-refractivity contribution >= 4 is 45.9 Å². The van der Waals surface area contributed by atoms with Crippen molar-refractivity contribution in [2.45, 2.75) is 10.6 Å². The van der Waals surface area contributed by atoms with Crippen LogP contribution >= 0.6 is 35.0 Å². The first-order chi connectivity index (χ1) is 9.72. The SMILES string of the molecule is Clc1cc(CSc2ccnc3ccccc23)cc(Cl)n1. The van der Waals surface area contributed by atoms with E-state index in [0.29, 0.717) is 10.3 Å². The van der Waals surface area contributed by atoms with Gasteiger partial charge in [0.25, 0.3) is 0 Å². The number of benzene rings is 1. The van der Waals surface area contributed by atoms with Gasteiger partial charge in [-0.3, -0.25) is 4.98 Å². The van der Waals surface area contributed by atoms with E-state index >= 15 is 0 Å². The lowest BCUT2D eigenvalue weighted by Gasteiger charge is -2.06. The van der Waals surface area contributed by atoms with Gasteiger partial charge in [0.15, 0.2) is 0 Å². The number of nitrogens with zero attached hydrogens (tertiary/aromatic N) is 2. The van der Waals surface area contributed by atoms with E-state index in [9.17, 15) is 0 Å². The van der Waals surface area contributed by atoms with Gasteiger partial charge in [-0.25, -0.2) is 4.98 Å². The Labute approximate surface area is 131 Å². The highest BCUT2D eigenvalue weighted by molar-refractivity contribution is 7.98. The van der Waals surface area contributed by atoms with Gasteiger partial charge >= 0.3 is 0 Å². The molecule has 0 fully saturated rings. The molecule has 3 aromatic rings. The topological polar surface area (TPSA) is 25.8 Å². The summed E-state index contributed by atoms with van der Waals surface area (Å²) < 4.78 is 0. The van der Waals surface area contributed by atoms with Crippen LogP contribution in [0.2, 0.25) is 10.3 Å². The third-order valence-electron chi connectivity index (χ3n) is 2.83. The van der Waals surface area contributed by atoms with Gasteiger partial charge in [-0.05, 0) is 29.8 Å². The van der Waals surface area contributed by atoms with Crippen molar-refractivity contribution < 1.29 is 0 Å². The third kappa shape index (κ3) is 3.06. The van der Waals surface area contributed by atoms with Crippen LogP contribution in [-0.2, 0) is 5.75 Å². The Morgan fingerprint density at radius 2 is 1.75 bits per heavy atom. The molecule has 1 aromatic carbocycles. The van der Waals surface area contributed by atoms with Gasteiger partial charge in [-0.1, -0.05) is 41.4 Å². The molecule has 0 bridgehead atoms. The first-order valence-electron chi connectivity index (χ1n) is 6.01. The average molecular weight is 321 g/mol. The van der Waals surface area contributed by atoms with Crippen LogP contribution in [0.15, 0.2) is 53.6 Å². The smallest absolute Gasteiger partial charge is 0.131 e. The molecule has 3 rings (SSSR count). The molecule has 0 spiro atoms. The summed E-state index contributed by atoms with van der Waals surface area (Å²) in [4.78, 5) is 9.50. The van der Waals surface area contributed by atoms with E-state index in [4.69, 9.17) is 23.2 Å². The van der Waals surface area contributed by atoms with E-state index in [1.54, 1.807) is 11.8 Å². The number of fused-ring (bicyclic) bond motifs is 1. The molecule has 0 N–H and O–H groups in total. The molecule has 0 saturated heterocycles. The van der Waals surface area contributed by atoms with Crippen LogP contribution in [0, 0.1) is 0 Å². The molecule has 0 unspecified atom stereocenters. The molecule has 0 aliphatic rings. The second-order valence-corrected chi connectivity index (χ2v) is 6.03. The molecule has 0 saturated carbocycles. The number of halogens is 2. The number of pyridine rings is 2. The normalized spacial score (nSPS) is 10.9. The van der Waals surface area contributed by atoms with Crippen LogP contribution in [0.1, 0.15) is 5.56 Å². The van der Waals surface area contributed by atoms with Crippen LogP contribution in [0.3, 0.4) is 0 Å². The molecule has 20 heavy (non-hydrogen) atoms. The lowest BCUT2D eigenvalue weighted by molar-refractivity contribution is 1.27. The van der Waals surface area contributed by atoms with Crippen molar-refractivity contribution in [2.75, 3.05) is 0 Å². The Balaban J connectivity index is 1.87. The second kappa shape index (κ2) is 6.00. The predicted molar refractivity (Wildman–Crippen MR) is 85.6 cm³/mol. The summed E-state index contributed by atoms with van der Waals surface area (Å²) in [6.07, 6.45) is 1.83. The maximum atomic E-state index is 5.91.